The van der Waals surface area contributed by atoms with Gasteiger partial charge in [-0.3, -0.25) is 9.59 Å². The first-order chi connectivity index (χ1) is 13.4. The van der Waals surface area contributed by atoms with Gasteiger partial charge in [-0.2, -0.15) is 5.10 Å². The van der Waals surface area contributed by atoms with Crippen molar-refractivity contribution in [2.75, 3.05) is 6.54 Å². The first-order valence-corrected chi connectivity index (χ1v) is 8.62. The summed E-state index contributed by atoms with van der Waals surface area (Å²) in [4.78, 5) is 33.6. The quantitative estimate of drug-likeness (QED) is 0.404. The molecule has 0 radical (unpaired) electrons. The molecule has 2 rings (SSSR count). The maximum atomic E-state index is 11.5. The zero-order valence-electron chi connectivity index (χ0n) is 14.9. The molecule has 0 heterocycles. The number of carboxylic acid groups (broad SMARTS) is 1. The van der Waals surface area contributed by atoms with Gasteiger partial charge >= 0.3 is 11.8 Å². The van der Waals surface area contributed by atoms with Crippen molar-refractivity contribution in [3.8, 4) is 5.75 Å². The smallest absolute Gasteiger partial charge is 0.329 e. The fraction of sp³-hybridized carbons (Fsp3) is 0.158. The normalized spacial score (nSPS) is 10.5. The van der Waals surface area contributed by atoms with Crippen LogP contribution in [0.1, 0.15) is 28.4 Å². The molecule has 0 atom stereocenters. The molecule has 2 amide bonds. The summed E-state index contributed by atoms with van der Waals surface area (Å²) in [5.41, 5.74) is 3.41. The summed E-state index contributed by atoms with van der Waals surface area (Å²) in [6.07, 6.45) is 1.30. The molecule has 0 spiro atoms. The molecule has 0 fully saturated rings. The molecule has 0 saturated carbocycles. The third kappa shape index (κ3) is 6.10. The summed E-state index contributed by atoms with van der Waals surface area (Å²) >= 11 is 5.98. The van der Waals surface area contributed by atoms with Gasteiger partial charge in [0.05, 0.1) is 12.2 Å². The highest BCUT2D eigenvalue weighted by Crippen LogP contribution is 2.22. The Hall–Kier alpha value is -3.39. The van der Waals surface area contributed by atoms with Crippen molar-refractivity contribution < 1.29 is 24.2 Å². The number of carbonyl (C=O) groups is 3. The fourth-order valence-electron chi connectivity index (χ4n) is 2.10. The number of hydrazone groups is 1. The summed E-state index contributed by atoms with van der Waals surface area (Å²) in [6.45, 7) is 2.18. The number of halogens is 1. The zero-order valence-corrected chi connectivity index (χ0v) is 15.7. The second-order valence-corrected chi connectivity index (χ2v) is 5.95. The van der Waals surface area contributed by atoms with Gasteiger partial charge in [0.1, 0.15) is 12.4 Å². The predicted molar refractivity (Wildman–Crippen MR) is 101 cm³/mol. The van der Waals surface area contributed by atoms with Gasteiger partial charge in [-0.1, -0.05) is 35.9 Å². The van der Waals surface area contributed by atoms with Gasteiger partial charge in [0.2, 0.25) is 0 Å². The molecular weight excluding hydrogens is 386 g/mol. The summed E-state index contributed by atoms with van der Waals surface area (Å²) < 4.78 is 5.72. The third-order valence-corrected chi connectivity index (χ3v) is 3.70. The van der Waals surface area contributed by atoms with Crippen molar-refractivity contribution in [2.24, 2.45) is 5.10 Å². The molecule has 0 aliphatic rings. The van der Waals surface area contributed by atoms with Crippen LogP contribution >= 0.6 is 11.6 Å². The van der Waals surface area contributed by atoms with Crippen LogP contribution in [0.2, 0.25) is 5.02 Å². The van der Waals surface area contributed by atoms with Crippen molar-refractivity contribution in [3.05, 3.63) is 64.2 Å². The number of amides is 2. The topological polar surface area (TPSA) is 120 Å². The van der Waals surface area contributed by atoms with E-state index in [2.05, 4.69) is 15.8 Å². The molecule has 2 aromatic rings. The van der Waals surface area contributed by atoms with E-state index in [0.29, 0.717) is 22.9 Å². The van der Waals surface area contributed by atoms with Crippen LogP contribution in [0.5, 0.6) is 5.75 Å². The number of carboxylic acids is 1. The second-order valence-electron chi connectivity index (χ2n) is 5.51. The van der Waals surface area contributed by atoms with E-state index < -0.39 is 17.8 Å². The molecule has 0 aromatic heterocycles. The number of benzene rings is 2. The number of rotatable bonds is 7. The predicted octanol–water partition coefficient (Wildman–Crippen LogP) is 0.869. The van der Waals surface area contributed by atoms with Gasteiger partial charge in [0.15, 0.2) is 0 Å². The molecule has 0 bridgehead atoms. The van der Waals surface area contributed by atoms with Crippen molar-refractivity contribution in [1.82, 2.24) is 10.7 Å². The lowest BCUT2D eigenvalue weighted by molar-refractivity contribution is -0.255. The first-order valence-electron chi connectivity index (χ1n) is 8.24. The average molecular weight is 403 g/mol. The molecule has 8 nitrogen and oxygen atoms in total. The minimum atomic E-state index is -1.25. The highest BCUT2D eigenvalue weighted by molar-refractivity contribution is 6.35. The van der Waals surface area contributed by atoms with Crippen LogP contribution in [0.4, 0.5) is 0 Å². The minimum Gasteiger partial charge on any atom is -0.545 e. The van der Waals surface area contributed by atoms with Gasteiger partial charge in [0, 0.05) is 17.1 Å². The number of aromatic carboxylic acids is 1. The Balaban J connectivity index is 2.05. The van der Waals surface area contributed by atoms with Crippen molar-refractivity contribution in [1.29, 1.82) is 0 Å². The number of carbonyl (C=O) groups excluding carboxylic acids is 3. The van der Waals surface area contributed by atoms with Crippen LogP contribution in [0.3, 0.4) is 0 Å². The largest absolute Gasteiger partial charge is 0.545 e. The van der Waals surface area contributed by atoms with Gasteiger partial charge in [0.25, 0.3) is 0 Å². The fourth-order valence-corrected chi connectivity index (χ4v) is 2.28. The molecule has 2 N–H and O–H groups in total. The number of likely N-dealkylation sites (N-methyl/N-ethyl adjacent to an activating group) is 1. The highest BCUT2D eigenvalue weighted by atomic mass is 35.5. The Morgan fingerprint density at radius 3 is 2.50 bits per heavy atom. The van der Waals surface area contributed by atoms with Crippen molar-refractivity contribution in [2.45, 2.75) is 13.5 Å². The molecule has 0 aliphatic carbocycles. The summed E-state index contributed by atoms with van der Waals surface area (Å²) in [5, 5.41) is 17.3. The number of nitrogens with zero attached hydrogens (tertiary/aromatic N) is 1. The molecular formula is C19H17ClN3O5-. The first kappa shape index (κ1) is 20.9. The molecule has 146 valence electrons. The molecule has 0 unspecified atom stereocenters. The van der Waals surface area contributed by atoms with Crippen LogP contribution in [0.25, 0.3) is 0 Å². The molecule has 28 heavy (non-hydrogen) atoms. The lowest BCUT2D eigenvalue weighted by Crippen LogP contribution is -2.37. The number of nitrogens with one attached hydrogen (secondary N) is 2. The van der Waals surface area contributed by atoms with E-state index in [0.717, 1.165) is 5.56 Å². The Bertz CT molecular complexity index is 897. The molecule has 0 aliphatic heterocycles. The lowest BCUT2D eigenvalue weighted by atomic mass is 10.1. The van der Waals surface area contributed by atoms with Crippen LogP contribution in [0, 0.1) is 0 Å². The van der Waals surface area contributed by atoms with E-state index in [4.69, 9.17) is 16.3 Å². The Morgan fingerprint density at radius 2 is 1.86 bits per heavy atom. The van der Waals surface area contributed by atoms with Gasteiger partial charge in [-0.25, -0.2) is 5.43 Å². The van der Waals surface area contributed by atoms with Crippen LogP contribution in [-0.4, -0.2) is 30.5 Å². The summed E-state index contributed by atoms with van der Waals surface area (Å²) in [5.74, 6) is -2.50. The van der Waals surface area contributed by atoms with E-state index in [-0.39, 0.29) is 12.2 Å². The summed E-state index contributed by atoms with van der Waals surface area (Å²) in [7, 11) is 0. The van der Waals surface area contributed by atoms with E-state index in [1.807, 2.05) is 0 Å². The van der Waals surface area contributed by atoms with E-state index in [1.54, 1.807) is 37.3 Å². The number of hydrogen-bond acceptors (Lipinski definition) is 6. The van der Waals surface area contributed by atoms with Gasteiger partial charge in [-0.05, 0) is 36.2 Å². The highest BCUT2D eigenvalue weighted by Gasteiger charge is 2.10. The molecule has 9 heteroatoms. The number of hydrogen-bond donors (Lipinski definition) is 2. The van der Waals surface area contributed by atoms with Gasteiger partial charge in [-0.15, -0.1) is 0 Å². The lowest BCUT2D eigenvalue weighted by Gasteiger charge is -2.10. The van der Waals surface area contributed by atoms with E-state index in [9.17, 15) is 19.5 Å². The standard InChI is InChI=1S/C19H18ClN3O5/c1-2-21-17(24)18(25)23-22-10-14-9-15(20)7-8-16(14)28-11-12-3-5-13(6-4-12)19(26)27/h3-10H,2,11H2,1H3,(H,21,24)(H,23,25)(H,26,27)/p-1/b22-10-. The van der Waals surface area contributed by atoms with Crippen molar-refractivity contribution >= 4 is 35.6 Å². The average Bonchev–Trinajstić information content (AvgIpc) is 2.67. The van der Waals surface area contributed by atoms with E-state index >= 15 is 0 Å². The van der Waals surface area contributed by atoms with Crippen molar-refractivity contribution in [3.63, 3.8) is 0 Å². The van der Waals surface area contributed by atoms with Crippen LogP contribution in [-0.2, 0) is 16.2 Å². The SMILES string of the molecule is CCNC(=O)C(=O)N/N=C\c1cc(Cl)ccc1OCc1ccc(C(=O)[O-])cc1. The number of ether oxygens (including phenoxy) is 1. The van der Waals surface area contributed by atoms with Gasteiger partial charge < -0.3 is 20.0 Å². The van der Waals surface area contributed by atoms with Crippen LogP contribution < -0.4 is 20.6 Å². The maximum absolute atomic E-state index is 11.5. The minimum absolute atomic E-state index is 0.0749. The second kappa shape index (κ2) is 10.1. The maximum Gasteiger partial charge on any atom is 0.329 e. The zero-order chi connectivity index (χ0) is 20.5. The van der Waals surface area contributed by atoms with Crippen LogP contribution in [0.15, 0.2) is 47.6 Å². The third-order valence-electron chi connectivity index (χ3n) is 3.47. The monoisotopic (exact) mass is 402 g/mol. The van der Waals surface area contributed by atoms with E-state index in [1.165, 1.54) is 18.3 Å². The molecule has 0 saturated heterocycles. The Morgan fingerprint density at radius 1 is 1.14 bits per heavy atom. The Labute approximate surface area is 166 Å². The molecule has 2 aromatic carbocycles. The summed E-state index contributed by atoms with van der Waals surface area (Å²) in [6, 6.07) is 10.9. The Kier molecular flexibility index (Phi) is 7.53.